The van der Waals surface area contributed by atoms with Gasteiger partial charge in [0, 0.05) is 6.92 Å². The van der Waals surface area contributed by atoms with Gasteiger partial charge in [-0.1, -0.05) is 25.5 Å². The lowest BCUT2D eigenvalue weighted by atomic mass is 10.0. The van der Waals surface area contributed by atoms with E-state index in [2.05, 4.69) is 19.1 Å². The molecule has 88 valence electrons. The summed E-state index contributed by atoms with van der Waals surface area (Å²) in [5.41, 5.74) is 0. The molecule has 0 spiro atoms. The summed E-state index contributed by atoms with van der Waals surface area (Å²) in [5.74, 6) is -0.280. The number of hydrogen-bond acceptors (Lipinski definition) is 2. The molecule has 0 radical (unpaired) electrons. The van der Waals surface area contributed by atoms with Gasteiger partial charge in [-0.3, -0.25) is 4.79 Å². The van der Waals surface area contributed by atoms with Crippen molar-refractivity contribution in [2.24, 2.45) is 5.92 Å². The van der Waals surface area contributed by atoms with Crippen LogP contribution in [0.2, 0.25) is 0 Å². The third kappa shape index (κ3) is 8.18. The second-order valence-electron chi connectivity index (χ2n) is 3.89. The molecule has 0 heterocycles. The van der Waals surface area contributed by atoms with Gasteiger partial charge in [-0.25, -0.2) is 0 Å². The molecular weight excluding hydrogens is 192 g/mol. The van der Waals surface area contributed by atoms with Gasteiger partial charge in [0.25, 0.3) is 5.97 Å². The minimum atomic E-state index is -0.833. The van der Waals surface area contributed by atoms with Crippen LogP contribution in [0.3, 0.4) is 0 Å². The summed E-state index contributed by atoms with van der Waals surface area (Å²) >= 11 is 0. The monoisotopic (exact) mass is 214 g/mol. The van der Waals surface area contributed by atoms with Gasteiger partial charge in [-0.15, -0.1) is 0 Å². The average Bonchev–Trinajstić information content (AvgIpc) is 2.51. The summed E-state index contributed by atoms with van der Waals surface area (Å²) < 4.78 is 0. The number of allylic oxidation sites excluding steroid dienone is 2. The first-order valence-corrected chi connectivity index (χ1v) is 5.60. The third-order valence-electron chi connectivity index (χ3n) is 2.46. The van der Waals surface area contributed by atoms with Crippen LogP contribution in [0.1, 0.15) is 46.0 Å². The summed E-state index contributed by atoms with van der Waals surface area (Å²) in [7, 11) is 0. The van der Waals surface area contributed by atoms with Crippen LogP contribution in [-0.2, 0) is 4.79 Å². The number of aliphatic carboxylic acids is 1. The molecular formula is C12H22O3. The van der Waals surface area contributed by atoms with Crippen molar-refractivity contribution in [2.45, 2.75) is 52.1 Å². The predicted molar refractivity (Wildman–Crippen MR) is 60.7 cm³/mol. The van der Waals surface area contributed by atoms with Crippen LogP contribution in [0.25, 0.3) is 0 Å². The summed E-state index contributed by atoms with van der Waals surface area (Å²) in [6.45, 7) is 3.22. The van der Waals surface area contributed by atoms with Gasteiger partial charge in [0.05, 0.1) is 6.10 Å². The number of carboxylic acid groups (broad SMARTS) is 1. The first-order valence-electron chi connectivity index (χ1n) is 5.60. The Morgan fingerprint density at radius 3 is 2.40 bits per heavy atom. The molecule has 0 aromatic heterocycles. The molecule has 0 aliphatic heterocycles. The second kappa shape index (κ2) is 8.48. The normalized spacial score (nSPS) is 25.0. The molecule has 1 rings (SSSR count). The zero-order valence-corrected chi connectivity index (χ0v) is 9.65. The molecule has 3 heteroatoms. The first-order chi connectivity index (χ1) is 7.07. The zero-order valence-electron chi connectivity index (χ0n) is 9.65. The highest BCUT2D eigenvalue weighted by atomic mass is 16.4. The number of carboxylic acids is 1. The molecule has 0 saturated heterocycles. The number of aliphatic hydroxyl groups is 1. The minimum absolute atomic E-state index is 0.0171. The Kier molecular flexibility index (Phi) is 8.01. The standard InChI is InChI=1S/C10H18O.C2H4O2/c1-2-3-4-6-9-7-5-8-10(9)11;1-2(3)4/h3-4,9-11H,2,5-8H2,1H3;1H3,(H,3,4)/b4-3-;. The maximum atomic E-state index is 9.45. The molecule has 1 aliphatic rings. The lowest BCUT2D eigenvalue weighted by Gasteiger charge is -2.10. The molecule has 15 heavy (non-hydrogen) atoms. The molecule has 1 aliphatic carbocycles. The van der Waals surface area contributed by atoms with Crippen LogP contribution in [0.4, 0.5) is 0 Å². The van der Waals surface area contributed by atoms with E-state index in [1.165, 1.54) is 12.8 Å². The van der Waals surface area contributed by atoms with Crippen LogP contribution < -0.4 is 0 Å². The van der Waals surface area contributed by atoms with E-state index in [0.717, 1.165) is 26.2 Å². The van der Waals surface area contributed by atoms with Crippen molar-refractivity contribution in [3.05, 3.63) is 12.2 Å². The van der Waals surface area contributed by atoms with E-state index in [1.807, 2.05) is 0 Å². The Morgan fingerprint density at radius 2 is 2.00 bits per heavy atom. The van der Waals surface area contributed by atoms with Crippen LogP contribution in [-0.4, -0.2) is 22.3 Å². The van der Waals surface area contributed by atoms with Crippen LogP contribution >= 0.6 is 0 Å². The molecule has 1 saturated carbocycles. The number of rotatable bonds is 3. The Labute approximate surface area is 91.8 Å². The summed E-state index contributed by atoms with van der Waals surface area (Å²) in [6, 6.07) is 0. The van der Waals surface area contributed by atoms with Crippen molar-refractivity contribution in [3.8, 4) is 0 Å². The maximum absolute atomic E-state index is 9.45. The second-order valence-corrected chi connectivity index (χ2v) is 3.89. The van der Waals surface area contributed by atoms with Crippen molar-refractivity contribution in [2.75, 3.05) is 0 Å². The fourth-order valence-corrected chi connectivity index (χ4v) is 1.73. The molecule has 0 aromatic carbocycles. The highest BCUT2D eigenvalue weighted by Gasteiger charge is 2.23. The van der Waals surface area contributed by atoms with Crippen LogP contribution in [0, 0.1) is 5.92 Å². The van der Waals surface area contributed by atoms with E-state index in [-0.39, 0.29) is 6.10 Å². The van der Waals surface area contributed by atoms with E-state index in [9.17, 15) is 5.11 Å². The van der Waals surface area contributed by atoms with Gasteiger partial charge in [-0.2, -0.15) is 0 Å². The molecule has 0 amide bonds. The van der Waals surface area contributed by atoms with Crippen molar-refractivity contribution in [1.29, 1.82) is 0 Å². The van der Waals surface area contributed by atoms with E-state index in [0.29, 0.717) is 5.92 Å². The van der Waals surface area contributed by atoms with Crippen molar-refractivity contribution in [1.82, 2.24) is 0 Å². The van der Waals surface area contributed by atoms with E-state index >= 15 is 0 Å². The van der Waals surface area contributed by atoms with Gasteiger partial charge in [-0.05, 0) is 31.6 Å². The number of aliphatic hydroxyl groups excluding tert-OH is 1. The number of hydrogen-bond donors (Lipinski definition) is 2. The summed E-state index contributed by atoms with van der Waals surface area (Å²) in [5, 5.41) is 16.9. The molecule has 2 N–H and O–H groups in total. The fourth-order valence-electron chi connectivity index (χ4n) is 1.73. The summed E-state index contributed by atoms with van der Waals surface area (Å²) in [4.78, 5) is 9.00. The molecule has 0 aromatic rings. The minimum Gasteiger partial charge on any atom is -0.481 e. The fraction of sp³-hybridized carbons (Fsp3) is 0.750. The van der Waals surface area contributed by atoms with Crippen molar-refractivity contribution in [3.63, 3.8) is 0 Å². The molecule has 3 nitrogen and oxygen atoms in total. The largest absolute Gasteiger partial charge is 0.481 e. The SMILES string of the molecule is CC(=O)O.CC/C=C\CC1CCCC1O. The van der Waals surface area contributed by atoms with Crippen LogP contribution in [0.15, 0.2) is 12.2 Å². The molecule has 2 atom stereocenters. The van der Waals surface area contributed by atoms with Gasteiger partial charge in [0.1, 0.15) is 0 Å². The van der Waals surface area contributed by atoms with Gasteiger partial charge >= 0.3 is 0 Å². The molecule has 1 fully saturated rings. The predicted octanol–water partition coefficient (Wildman–Crippen LogP) is 2.59. The molecule has 2 unspecified atom stereocenters. The quantitative estimate of drug-likeness (QED) is 0.710. The van der Waals surface area contributed by atoms with Crippen molar-refractivity contribution < 1.29 is 15.0 Å². The van der Waals surface area contributed by atoms with Gasteiger partial charge in [0.2, 0.25) is 0 Å². The Bertz CT molecular complexity index is 195. The Morgan fingerprint density at radius 1 is 1.40 bits per heavy atom. The highest BCUT2D eigenvalue weighted by molar-refractivity contribution is 5.62. The van der Waals surface area contributed by atoms with E-state index in [1.54, 1.807) is 0 Å². The van der Waals surface area contributed by atoms with Gasteiger partial charge < -0.3 is 10.2 Å². The summed E-state index contributed by atoms with van der Waals surface area (Å²) in [6.07, 6.45) is 10.0. The Hall–Kier alpha value is -0.830. The van der Waals surface area contributed by atoms with E-state index < -0.39 is 5.97 Å². The third-order valence-corrected chi connectivity index (χ3v) is 2.46. The van der Waals surface area contributed by atoms with E-state index in [4.69, 9.17) is 9.90 Å². The highest BCUT2D eigenvalue weighted by Crippen LogP contribution is 2.28. The lowest BCUT2D eigenvalue weighted by Crippen LogP contribution is -2.11. The van der Waals surface area contributed by atoms with Gasteiger partial charge in [0.15, 0.2) is 0 Å². The smallest absolute Gasteiger partial charge is 0.300 e. The zero-order chi connectivity index (χ0) is 11.7. The lowest BCUT2D eigenvalue weighted by molar-refractivity contribution is -0.134. The maximum Gasteiger partial charge on any atom is 0.300 e. The Balaban J connectivity index is 0.000000423. The number of carbonyl (C=O) groups is 1. The topological polar surface area (TPSA) is 57.5 Å². The average molecular weight is 214 g/mol. The van der Waals surface area contributed by atoms with Crippen LogP contribution in [0.5, 0.6) is 0 Å². The first kappa shape index (κ1) is 14.2. The van der Waals surface area contributed by atoms with Crippen molar-refractivity contribution >= 4 is 5.97 Å². The molecule has 0 bridgehead atoms.